The maximum absolute atomic E-state index is 3.66. The summed E-state index contributed by atoms with van der Waals surface area (Å²) in [7, 11) is 0. The van der Waals surface area contributed by atoms with E-state index in [1.807, 2.05) is 0 Å². The van der Waals surface area contributed by atoms with Crippen molar-refractivity contribution in [1.29, 1.82) is 0 Å². The van der Waals surface area contributed by atoms with E-state index in [9.17, 15) is 0 Å². The molecule has 1 N–H and O–H groups in total. The summed E-state index contributed by atoms with van der Waals surface area (Å²) in [5.41, 5.74) is 9.07. The fourth-order valence-corrected chi connectivity index (χ4v) is 4.64. The first-order chi connectivity index (χ1) is 11.2. The highest BCUT2D eigenvalue weighted by molar-refractivity contribution is 5.74. The topological polar surface area (TPSA) is 12.0 Å². The van der Waals surface area contributed by atoms with E-state index in [0.717, 1.165) is 13.0 Å². The normalized spacial score (nSPS) is 18.2. The molecular weight excluding hydrogens is 278 g/mol. The van der Waals surface area contributed by atoms with E-state index in [1.54, 1.807) is 5.56 Å². The van der Waals surface area contributed by atoms with Crippen molar-refractivity contribution in [2.45, 2.75) is 57.8 Å². The monoisotopic (exact) mass is 305 g/mol. The summed E-state index contributed by atoms with van der Waals surface area (Å²) in [4.78, 5) is 0. The molecule has 1 heteroatoms. The predicted octanol–water partition coefficient (Wildman–Crippen LogP) is 5.85. The van der Waals surface area contributed by atoms with Crippen LogP contribution in [0.4, 0.5) is 5.69 Å². The van der Waals surface area contributed by atoms with Crippen molar-refractivity contribution in [3.8, 4) is 11.1 Å². The number of benzene rings is 2. The molecule has 1 aliphatic heterocycles. The van der Waals surface area contributed by atoms with Crippen molar-refractivity contribution < 1.29 is 0 Å². The molecule has 0 saturated heterocycles. The van der Waals surface area contributed by atoms with Crippen molar-refractivity contribution in [1.82, 2.24) is 0 Å². The molecule has 1 spiro atoms. The molecule has 0 bridgehead atoms. The minimum absolute atomic E-state index is 0.418. The Labute approximate surface area is 140 Å². The van der Waals surface area contributed by atoms with Crippen LogP contribution < -0.4 is 5.32 Å². The van der Waals surface area contributed by atoms with Gasteiger partial charge in [-0.15, -0.1) is 0 Å². The lowest BCUT2D eigenvalue weighted by Crippen LogP contribution is -2.24. The smallest absolute Gasteiger partial charge is 0.0379 e. The van der Waals surface area contributed by atoms with Gasteiger partial charge < -0.3 is 5.32 Å². The van der Waals surface area contributed by atoms with Crippen LogP contribution in [0, 0.1) is 6.92 Å². The zero-order valence-corrected chi connectivity index (χ0v) is 14.4. The van der Waals surface area contributed by atoms with Gasteiger partial charge in [0.05, 0.1) is 0 Å². The highest BCUT2D eigenvalue weighted by atomic mass is 14.9. The zero-order chi connectivity index (χ0) is 15.9. The molecule has 0 amide bonds. The minimum atomic E-state index is 0.418. The molecule has 1 nitrogen and oxygen atoms in total. The van der Waals surface area contributed by atoms with Gasteiger partial charge in [0.2, 0.25) is 0 Å². The van der Waals surface area contributed by atoms with Gasteiger partial charge in [-0.05, 0) is 60.6 Å². The van der Waals surface area contributed by atoms with Crippen molar-refractivity contribution >= 4 is 5.69 Å². The summed E-state index contributed by atoms with van der Waals surface area (Å²) in [5.74, 6) is 0. The van der Waals surface area contributed by atoms with Crippen LogP contribution in [0.5, 0.6) is 0 Å². The molecule has 0 atom stereocenters. The fourth-order valence-electron chi connectivity index (χ4n) is 4.64. The van der Waals surface area contributed by atoms with E-state index in [2.05, 4.69) is 55.6 Å². The van der Waals surface area contributed by atoms with Crippen molar-refractivity contribution in [3.63, 3.8) is 0 Å². The number of nitrogens with one attached hydrogen (secondary N) is 1. The Hall–Kier alpha value is -1.76. The summed E-state index contributed by atoms with van der Waals surface area (Å²) in [6, 6.07) is 14.1. The van der Waals surface area contributed by atoms with Gasteiger partial charge in [0.25, 0.3) is 0 Å². The predicted molar refractivity (Wildman–Crippen MR) is 99.2 cm³/mol. The number of hydrogen-bond donors (Lipinski definition) is 1. The van der Waals surface area contributed by atoms with Gasteiger partial charge in [0, 0.05) is 17.6 Å². The zero-order valence-electron chi connectivity index (χ0n) is 14.4. The molecule has 120 valence electrons. The lowest BCUT2D eigenvalue weighted by Gasteiger charge is -2.23. The highest BCUT2D eigenvalue weighted by Gasteiger charge is 2.41. The van der Waals surface area contributed by atoms with Crippen molar-refractivity contribution in [2.24, 2.45) is 0 Å². The van der Waals surface area contributed by atoms with Gasteiger partial charge >= 0.3 is 0 Å². The number of anilines is 1. The molecular formula is C22H27N. The Bertz CT molecular complexity index is 723. The molecule has 0 radical (unpaired) electrons. The van der Waals surface area contributed by atoms with E-state index >= 15 is 0 Å². The summed E-state index contributed by atoms with van der Waals surface area (Å²) in [6.45, 7) is 5.61. The number of rotatable bonds is 3. The molecule has 2 aliphatic rings. The van der Waals surface area contributed by atoms with Gasteiger partial charge in [0.15, 0.2) is 0 Å². The van der Waals surface area contributed by atoms with Crippen LogP contribution in [0.25, 0.3) is 11.1 Å². The van der Waals surface area contributed by atoms with Crippen LogP contribution in [0.15, 0.2) is 36.4 Å². The third-order valence-corrected chi connectivity index (χ3v) is 5.86. The lowest BCUT2D eigenvalue weighted by atomic mass is 9.79. The van der Waals surface area contributed by atoms with Crippen LogP contribution in [0.1, 0.15) is 55.7 Å². The van der Waals surface area contributed by atoms with Crippen LogP contribution in [0.2, 0.25) is 0 Å². The molecule has 0 unspecified atom stereocenters. The van der Waals surface area contributed by atoms with Crippen molar-refractivity contribution in [2.75, 3.05) is 11.9 Å². The minimum Gasteiger partial charge on any atom is -0.384 e. The van der Waals surface area contributed by atoms with Gasteiger partial charge in [-0.1, -0.05) is 56.0 Å². The molecule has 2 aromatic rings. The maximum atomic E-state index is 3.66. The molecule has 0 aromatic heterocycles. The summed E-state index contributed by atoms with van der Waals surface area (Å²) in [5, 5.41) is 3.66. The van der Waals surface area contributed by atoms with E-state index in [4.69, 9.17) is 0 Å². The Kier molecular flexibility index (Phi) is 3.67. The summed E-state index contributed by atoms with van der Waals surface area (Å²) >= 11 is 0. The quantitative estimate of drug-likeness (QED) is 0.749. The fraction of sp³-hybridized carbons (Fsp3) is 0.455. The number of aryl methyl sites for hydroxylation is 2. The standard InChI is InChI=1S/C22H27N/c1-3-6-17-13-16(2)7-9-19(17)18-8-10-21-20(14-18)22(15-23-21)11-4-5-12-22/h7-10,13-14,23H,3-6,11-12,15H2,1-2H3. The molecule has 23 heavy (non-hydrogen) atoms. The first-order valence-electron chi connectivity index (χ1n) is 9.20. The first-order valence-corrected chi connectivity index (χ1v) is 9.20. The van der Waals surface area contributed by atoms with Crippen LogP contribution in [-0.2, 0) is 11.8 Å². The SMILES string of the molecule is CCCc1cc(C)ccc1-c1ccc2c(c1)C1(CCCC1)CN2. The van der Waals surface area contributed by atoms with E-state index in [-0.39, 0.29) is 0 Å². The van der Waals surface area contributed by atoms with Gasteiger partial charge in [0.1, 0.15) is 0 Å². The highest BCUT2D eigenvalue weighted by Crippen LogP contribution is 2.49. The largest absolute Gasteiger partial charge is 0.384 e. The third-order valence-electron chi connectivity index (χ3n) is 5.86. The second-order valence-electron chi connectivity index (χ2n) is 7.51. The second-order valence-corrected chi connectivity index (χ2v) is 7.51. The van der Waals surface area contributed by atoms with Crippen LogP contribution in [-0.4, -0.2) is 6.54 Å². The van der Waals surface area contributed by atoms with Gasteiger partial charge in [-0.3, -0.25) is 0 Å². The van der Waals surface area contributed by atoms with Crippen LogP contribution in [0.3, 0.4) is 0 Å². The average molecular weight is 305 g/mol. The third kappa shape index (κ3) is 2.47. The molecule has 1 aliphatic carbocycles. The Morgan fingerprint density at radius 1 is 1.04 bits per heavy atom. The molecule has 1 saturated carbocycles. The molecule has 4 rings (SSSR count). The second kappa shape index (κ2) is 5.70. The Morgan fingerprint density at radius 2 is 1.87 bits per heavy atom. The van der Waals surface area contributed by atoms with Crippen molar-refractivity contribution in [3.05, 3.63) is 53.1 Å². The average Bonchev–Trinajstić information content (AvgIpc) is 3.17. The first kappa shape index (κ1) is 14.8. The van der Waals surface area contributed by atoms with Crippen LogP contribution >= 0.6 is 0 Å². The lowest BCUT2D eigenvalue weighted by molar-refractivity contribution is 0.489. The van der Waals surface area contributed by atoms with E-state index in [0.29, 0.717) is 5.41 Å². The molecule has 1 fully saturated rings. The summed E-state index contributed by atoms with van der Waals surface area (Å²) in [6.07, 6.45) is 7.84. The molecule has 1 heterocycles. The maximum Gasteiger partial charge on any atom is 0.0379 e. The summed E-state index contributed by atoms with van der Waals surface area (Å²) < 4.78 is 0. The van der Waals surface area contributed by atoms with E-state index in [1.165, 1.54) is 60.0 Å². The van der Waals surface area contributed by atoms with Gasteiger partial charge in [-0.25, -0.2) is 0 Å². The number of hydrogen-bond acceptors (Lipinski definition) is 1. The number of fused-ring (bicyclic) bond motifs is 2. The van der Waals surface area contributed by atoms with E-state index < -0.39 is 0 Å². The Morgan fingerprint density at radius 3 is 2.65 bits per heavy atom. The Balaban J connectivity index is 1.80. The molecule has 2 aromatic carbocycles. The van der Waals surface area contributed by atoms with Gasteiger partial charge in [-0.2, -0.15) is 0 Å².